The Morgan fingerprint density at radius 1 is 1.00 bits per heavy atom. The van der Waals surface area contributed by atoms with Crippen LogP contribution in [0.1, 0.15) is 10.4 Å². The molecule has 2 fully saturated rings. The van der Waals surface area contributed by atoms with Gasteiger partial charge in [0.2, 0.25) is 6.29 Å². The van der Waals surface area contributed by atoms with Crippen LogP contribution in [0, 0.1) is 0 Å². The SMILES string of the molecule is O=C(c1cccc(-c2ccc(O[C@H]3O[C@H](CO)[C@@H](O)[C@@H](O)[C@H]3O)cc2)c1)N1CCNCC1. The number of hydrogen-bond donors (Lipinski definition) is 5. The Balaban J connectivity index is 1.45. The average Bonchev–Trinajstić information content (AvgIpc) is 2.85. The highest BCUT2D eigenvalue weighted by Gasteiger charge is 2.44. The molecule has 9 nitrogen and oxygen atoms in total. The average molecular weight is 444 g/mol. The highest BCUT2D eigenvalue weighted by atomic mass is 16.7. The van der Waals surface area contributed by atoms with Gasteiger partial charge in [-0.1, -0.05) is 24.3 Å². The Hall–Kier alpha value is -2.53. The minimum absolute atomic E-state index is 0.0101. The smallest absolute Gasteiger partial charge is 0.253 e. The normalized spacial score (nSPS) is 28.4. The monoisotopic (exact) mass is 444 g/mol. The van der Waals surface area contributed by atoms with E-state index in [9.17, 15) is 25.2 Å². The zero-order chi connectivity index (χ0) is 22.7. The molecule has 0 saturated carbocycles. The molecule has 4 rings (SSSR count). The highest BCUT2D eigenvalue weighted by molar-refractivity contribution is 5.95. The van der Waals surface area contributed by atoms with E-state index in [1.807, 2.05) is 41.3 Å². The molecule has 5 atom stereocenters. The molecule has 5 N–H and O–H groups in total. The number of rotatable bonds is 5. The predicted octanol–water partition coefficient (Wildman–Crippen LogP) is -0.422. The number of amides is 1. The van der Waals surface area contributed by atoms with Gasteiger partial charge in [0.05, 0.1) is 6.61 Å². The molecule has 2 aromatic rings. The summed E-state index contributed by atoms with van der Waals surface area (Å²) in [4.78, 5) is 14.6. The fourth-order valence-electron chi connectivity index (χ4n) is 3.91. The molecule has 2 heterocycles. The van der Waals surface area contributed by atoms with Gasteiger partial charge in [0, 0.05) is 31.7 Å². The Morgan fingerprint density at radius 3 is 2.41 bits per heavy atom. The van der Waals surface area contributed by atoms with Crippen molar-refractivity contribution in [1.29, 1.82) is 0 Å². The van der Waals surface area contributed by atoms with Gasteiger partial charge in [-0.25, -0.2) is 0 Å². The summed E-state index contributed by atoms with van der Waals surface area (Å²) in [5, 5.41) is 42.4. The maximum Gasteiger partial charge on any atom is 0.253 e. The topological polar surface area (TPSA) is 132 Å². The minimum Gasteiger partial charge on any atom is -0.462 e. The minimum atomic E-state index is -1.50. The molecular formula is C23H28N2O7. The van der Waals surface area contributed by atoms with E-state index >= 15 is 0 Å². The zero-order valence-electron chi connectivity index (χ0n) is 17.5. The molecule has 2 aromatic carbocycles. The lowest BCUT2D eigenvalue weighted by molar-refractivity contribution is -0.277. The molecule has 2 aliphatic heterocycles. The summed E-state index contributed by atoms with van der Waals surface area (Å²) in [7, 11) is 0. The van der Waals surface area contributed by atoms with Crippen molar-refractivity contribution >= 4 is 5.91 Å². The lowest BCUT2D eigenvalue weighted by Gasteiger charge is -2.39. The number of carbonyl (C=O) groups is 1. The van der Waals surface area contributed by atoms with Crippen LogP contribution >= 0.6 is 0 Å². The van der Waals surface area contributed by atoms with Gasteiger partial charge in [-0.15, -0.1) is 0 Å². The fourth-order valence-corrected chi connectivity index (χ4v) is 3.91. The summed E-state index contributed by atoms with van der Waals surface area (Å²) in [6.07, 6.45) is -6.68. The Kier molecular flexibility index (Phi) is 7.04. The van der Waals surface area contributed by atoms with Crippen molar-refractivity contribution in [2.45, 2.75) is 30.7 Å². The van der Waals surface area contributed by atoms with E-state index < -0.39 is 37.3 Å². The summed E-state index contributed by atoms with van der Waals surface area (Å²) in [5.41, 5.74) is 2.39. The van der Waals surface area contributed by atoms with Gasteiger partial charge in [-0.3, -0.25) is 4.79 Å². The highest BCUT2D eigenvalue weighted by Crippen LogP contribution is 2.27. The molecular weight excluding hydrogens is 416 g/mol. The lowest BCUT2D eigenvalue weighted by Crippen LogP contribution is -2.60. The molecule has 2 aliphatic rings. The van der Waals surface area contributed by atoms with Crippen LogP contribution in [0.2, 0.25) is 0 Å². The third-order valence-electron chi connectivity index (χ3n) is 5.80. The van der Waals surface area contributed by atoms with Crippen LogP contribution < -0.4 is 10.1 Å². The predicted molar refractivity (Wildman–Crippen MR) is 115 cm³/mol. The van der Waals surface area contributed by atoms with Gasteiger partial charge in [0.15, 0.2) is 0 Å². The molecule has 0 aliphatic carbocycles. The van der Waals surface area contributed by atoms with Crippen molar-refractivity contribution in [3.8, 4) is 16.9 Å². The van der Waals surface area contributed by atoms with Gasteiger partial charge in [0.1, 0.15) is 30.2 Å². The van der Waals surface area contributed by atoms with Crippen LogP contribution in [0.5, 0.6) is 5.75 Å². The van der Waals surface area contributed by atoms with Crippen molar-refractivity contribution < 1.29 is 34.7 Å². The number of carbonyl (C=O) groups excluding carboxylic acids is 1. The number of nitrogens with one attached hydrogen (secondary N) is 1. The summed E-state index contributed by atoms with van der Waals surface area (Å²) < 4.78 is 11.0. The van der Waals surface area contributed by atoms with Crippen molar-refractivity contribution in [3.63, 3.8) is 0 Å². The second-order valence-electron chi connectivity index (χ2n) is 7.96. The molecule has 2 saturated heterocycles. The maximum atomic E-state index is 12.8. The van der Waals surface area contributed by atoms with Crippen LogP contribution in [-0.2, 0) is 4.74 Å². The van der Waals surface area contributed by atoms with Gasteiger partial charge >= 0.3 is 0 Å². The van der Waals surface area contributed by atoms with Crippen molar-refractivity contribution in [2.75, 3.05) is 32.8 Å². The van der Waals surface area contributed by atoms with Crippen LogP contribution in [-0.4, -0.2) is 94.7 Å². The summed E-state index contributed by atoms with van der Waals surface area (Å²) >= 11 is 0. The van der Waals surface area contributed by atoms with Crippen molar-refractivity contribution in [2.24, 2.45) is 0 Å². The molecule has 9 heteroatoms. The first kappa shape index (κ1) is 22.7. The van der Waals surface area contributed by atoms with Crippen LogP contribution in [0.3, 0.4) is 0 Å². The number of piperazine rings is 1. The number of hydrogen-bond acceptors (Lipinski definition) is 8. The number of aliphatic hydroxyl groups excluding tert-OH is 4. The molecule has 172 valence electrons. The first-order chi connectivity index (χ1) is 15.5. The van der Waals surface area contributed by atoms with E-state index in [4.69, 9.17) is 9.47 Å². The molecule has 0 radical (unpaired) electrons. The van der Waals surface area contributed by atoms with Crippen molar-refractivity contribution in [1.82, 2.24) is 10.2 Å². The number of ether oxygens (including phenoxy) is 2. The van der Waals surface area contributed by atoms with Crippen LogP contribution in [0.4, 0.5) is 0 Å². The molecule has 32 heavy (non-hydrogen) atoms. The first-order valence-corrected chi connectivity index (χ1v) is 10.7. The van der Waals surface area contributed by atoms with Crippen LogP contribution in [0.25, 0.3) is 11.1 Å². The van der Waals surface area contributed by atoms with Gasteiger partial charge in [-0.2, -0.15) is 0 Å². The molecule has 0 bridgehead atoms. The van der Waals surface area contributed by atoms with E-state index in [0.717, 1.165) is 24.2 Å². The van der Waals surface area contributed by atoms with E-state index in [0.29, 0.717) is 24.4 Å². The van der Waals surface area contributed by atoms with Gasteiger partial charge in [-0.05, 0) is 35.4 Å². The van der Waals surface area contributed by atoms with E-state index in [1.165, 1.54) is 0 Å². The standard InChI is InChI=1S/C23H28N2O7/c26-13-18-19(27)20(28)21(29)23(32-18)31-17-6-4-14(5-7-17)15-2-1-3-16(12-15)22(30)25-10-8-24-9-11-25/h1-7,12,18-21,23-24,26-29H,8-11,13H2/t18-,19-,20-,21-,23+/m1/s1. The Labute approximate surface area is 185 Å². The summed E-state index contributed by atoms with van der Waals surface area (Å²) in [6.45, 7) is 2.44. The first-order valence-electron chi connectivity index (χ1n) is 10.7. The largest absolute Gasteiger partial charge is 0.462 e. The molecule has 0 aromatic heterocycles. The quantitative estimate of drug-likeness (QED) is 0.420. The van der Waals surface area contributed by atoms with E-state index in [2.05, 4.69) is 5.32 Å². The lowest BCUT2D eigenvalue weighted by atomic mass is 9.99. The van der Waals surface area contributed by atoms with Crippen molar-refractivity contribution in [3.05, 3.63) is 54.1 Å². The summed E-state index contributed by atoms with van der Waals surface area (Å²) in [5.74, 6) is 0.391. The second kappa shape index (κ2) is 9.95. The number of benzene rings is 2. The third-order valence-corrected chi connectivity index (χ3v) is 5.80. The number of aliphatic hydroxyl groups is 4. The summed E-state index contributed by atoms with van der Waals surface area (Å²) in [6, 6.07) is 14.4. The van der Waals surface area contributed by atoms with E-state index in [1.54, 1.807) is 12.1 Å². The zero-order valence-corrected chi connectivity index (χ0v) is 17.5. The Bertz CT molecular complexity index is 915. The third kappa shape index (κ3) is 4.78. The second-order valence-corrected chi connectivity index (χ2v) is 7.96. The molecule has 0 unspecified atom stereocenters. The van der Waals surface area contributed by atoms with E-state index in [-0.39, 0.29) is 5.91 Å². The van der Waals surface area contributed by atoms with Gasteiger partial charge < -0.3 is 40.1 Å². The number of nitrogens with zero attached hydrogens (tertiary/aromatic N) is 1. The van der Waals surface area contributed by atoms with Gasteiger partial charge in [0.25, 0.3) is 5.91 Å². The fraction of sp³-hybridized carbons (Fsp3) is 0.435. The maximum absolute atomic E-state index is 12.8. The Morgan fingerprint density at radius 2 is 1.72 bits per heavy atom. The molecule has 1 amide bonds. The molecule has 0 spiro atoms. The van der Waals surface area contributed by atoms with Crippen LogP contribution in [0.15, 0.2) is 48.5 Å².